The van der Waals surface area contributed by atoms with Gasteiger partial charge >= 0.3 is 0 Å². The fourth-order valence-electron chi connectivity index (χ4n) is 4.53. The van der Waals surface area contributed by atoms with Crippen molar-refractivity contribution in [3.63, 3.8) is 0 Å². The molecule has 1 N–H and O–H groups in total. The minimum Gasteiger partial charge on any atom is -0.324 e. The molecular formula is C26H22ClN3O3S. The van der Waals surface area contributed by atoms with Crippen LogP contribution in [-0.2, 0) is 19.3 Å². The van der Waals surface area contributed by atoms with Gasteiger partial charge in [0.2, 0.25) is 16.7 Å². The number of rotatable bonds is 4. The number of nitrogens with one attached hydrogen (secondary N) is 1. The quantitative estimate of drug-likeness (QED) is 0.565. The molecule has 2 aliphatic heterocycles. The first-order valence-corrected chi connectivity index (χ1v) is 12.2. The highest BCUT2D eigenvalue weighted by atomic mass is 35.5. The lowest BCUT2D eigenvalue weighted by Gasteiger charge is -2.33. The van der Waals surface area contributed by atoms with E-state index in [9.17, 15) is 14.4 Å². The minimum absolute atomic E-state index is 0.148. The highest BCUT2D eigenvalue weighted by molar-refractivity contribution is 8.02. The van der Waals surface area contributed by atoms with E-state index in [1.807, 2.05) is 56.3 Å². The number of anilines is 3. The Balaban J connectivity index is 1.52. The number of benzene rings is 3. The summed E-state index contributed by atoms with van der Waals surface area (Å²) in [5.74, 6) is -0.662. The van der Waals surface area contributed by atoms with E-state index in [2.05, 4.69) is 5.32 Å². The van der Waals surface area contributed by atoms with Crippen LogP contribution in [0.2, 0.25) is 5.02 Å². The number of carbonyl (C=O) groups is 3. The molecule has 3 aromatic rings. The summed E-state index contributed by atoms with van der Waals surface area (Å²) in [5.41, 5.74) is 4.54. The molecule has 1 spiro atoms. The highest BCUT2D eigenvalue weighted by Gasteiger charge is 2.61. The van der Waals surface area contributed by atoms with Gasteiger partial charge in [0.15, 0.2) is 0 Å². The second-order valence-corrected chi connectivity index (χ2v) is 10.0. The molecule has 1 unspecified atom stereocenters. The summed E-state index contributed by atoms with van der Waals surface area (Å²) in [6.07, 6.45) is 0. The molecule has 1 atom stereocenters. The number of thioether (sulfide) groups is 1. The summed E-state index contributed by atoms with van der Waals surface area (Å²) < 4.78 is 0. The van der Waals surface area contributed by atoms with Crippen LogP contribution in [0.3, 0.4) is 0 Å². The van der Waals surface area contributed by atoms with Gasteiger partial charge in [-0.15, -0.1) is 11.8 Å². The number of amides is 3. The van der Waals surface area contributed by atoms with Crippen molar-refractivity contribution in [3.05, 3.63) is 88.4 Å². The van der Waals surface area contributed by atoms with Crippen LogP contribution < -0.4 is 15.1 Å². The van der Waals surface area contributed by atoms with E-state index in [0.717, 1.165) is 11.1 Å². The van der Waals surface area contributed by atoms with Crippen molar-refractivity contribution in [2.75, 3.05) is 27.4 Å². The lowest BCUT2D eigenvalue weighted by molar-refractivity contribution is -0.124. The molecule has 1 saturated heterocycles. The van der Waals surface area contributed by atoms with Gasteiger partial charge < -0.3 is 5.32 Å². The summed E-state index contributed by atoms with van der Waals surface area (Å²) in [7, 11) is 0. The number of hydrogen-bond acceptors (Lipinski definition) is 4. The molecule has 0 aromatic heterocycles. The summed E-state index contributed by atoms with van der Waals surface area (Å²) >= 11 is 7.48. The lowest BCUT2D eigenvalue weighted by atomic mass is 10.0. The van der Waals surface area contributed by atoms with Crippen LogP contribution >= 0.6 is 23.4 Å². The minimum atomic E-state index is -1.28. The van der Waals surface area contributed by atoms with Crippen molar-refractivity contribution in [1.82, 2.24) is 0 Å². The molecule has 34 heavy (non-hydrogen) atoms. The summed E-state index contributed by atoms with van der Waals surface area (Å²) in [6.45, 7) is 3.71. The fourth-order valence-corrected chi connectivity index (χ4v) is 6.08. The van der Waals surface area contributed by atoms with E-state index < -0.39 is 4.87 Å². The number of carbonyl (C=O) groups excluding carboxylic acids is 3. The average Bonchev–Trinajstić information content (AvgIpc) is 3.27. The van der Waals surface area contributed by atoms with Gasteiger partial charge in [-0.2, -0.15) is 0 Å². The number of halogens is 1. The van der Waals surface area contributed by atoms with Gasteiger partial charge in [0.05, 0.1) is 11.4 Å². The standard InChI is InChI=1S/C26H22ClN3O3S/c1-16-10-11-17(2)21(12-16)28-23(31)14-29-22-9-4-3-8-20(22)26(25(29)33)30(24(32)15-34-26)19-7-5-6-18(27)13-19/h3-13H,14-15H2,1-2H3,(H,28,31). The van der Waals surface area contributed by atoms with Gasteiger partial charge in [0.1, 0.15) is 6.54 Å². The zero-order valence-corrected chi connectivity index (χ0v) is 20.2. The second kappa shape index (κ2) is 8.49. The Kier molecular flexibility index (Phi) is 5.62. The molecule has 0 radical (unpaired) electrons. The molecular weight excluding hydrogens is 470 g/mol. The van der Waals surface area contributed by atoms with Crippen molar-refractivity contribution in [1.29, 1.82) is 0 Å². The number of fused-ring (bicyclic) bond motifs is 2. The average molecular weight is 492 g/mol. The monoisotopic (exact) mass is 491 g/mol. The molecule has 1 fully saturated rings. The van der Waals surface area contributed by atoms with E-state index in [1.165, 1.54) is 21.6 Å². The topological polar surface area (TPSA) is 69.7 Å². The van der Waals surface area contributed by atoms with Crippen molar-refractivity contribution in [3.8, 4) is 0 Å². The molecule has 0 aliphatic carbocycles. The van der Waals surface area contributed by atoms with E-state index in [4.69, 9.17) is 11.6 Å². The number of hydrogen-bond donors (Lipinski definition) is 1. The summed E-state index contributed by atoms with van der Waals surface area (Å²) in [6, 6.07) is 20.1. The smallest absolute Gasteiger partial charge is 0.269 e. The van der Waals surface area contributed by atoms with Gasteiger partial charge in [0, 0.05) is 22.0 Å². The van der Waals surface area contributed by atoms with Crippen LogP contribution in [0.4, 0.5) is 17.1 Å². The normalized spacial score (nSPS) is 19.1. The molecule has 3 amide bonds. The van der Waals surface area contributed by atoms with Crippen molar-refractivity contribution in [2.45, 2.75) is 18.7 Å². The fraction of sp³-hybridized carbons (Fsp3) is 0.192. The predicted octanol–water partition coefficient (Wildman–Crippen LogP) is 4.87. The van der Waals surface area contributed by atoms with Gasteiger partial charge in [-0.05, 0) is 55.3 Å². The Hall–Kier alpha value is -3.29. The third-order valence-electron chi connectivity index (χ3n) is 6.10. The molecule has 5 rings (SSSR count). The first kappa shape index (κ1) is 22.5. The van der Waals surface area contributed by atoms with E-state index in [1.54, 1.807) is 24.3 Å². The maximum Gasteiger partial charge on any atom is 0.269 e. The molecule has 6 nitrogen and oxygen atoms in total. The third-order valence-corrected chi connectivity index (χ3v) is 7.72. The van der Waals surface area contributed by atoms with E-state index >= 15 is 0 Å². The van der Waals surface area contributed by atoms with Gasteiger partial charge in [-0.3, -0.25) is 24.2 Å². The number of aryl methyl sites for hydroxylation is 2. The molecule has 8 heteroatoms. The highest BCUT2D eigenvalue weighted by Crippen LogP contribution is 2.55. The van der Waals surface area contributed by atoms with Crippen LogP contribution in [0.25, 0.3) is 0 Å². The van der Waals surface area contributed by atoms with E-state index in [-0.39, 0.29) is 30.0 Å². The molecule has 0 bridgehead atoms. The first-order valence-electron chi connectivity index (χ1n) is 10.8. The molecule has 2 aliphatic rings. The Bertz CT molecular complexity index is 1340. The zero-order valence-electron chi connectivity index (χ0n) is 18.7. The molecule has 2 heterocycles. The Morgan fingerprint density at radius 3 is 2.65 bits per heavy atom. The summed E-state index contributed by atoms with van der Waals surface area (Å²) in [5, 5.41) is 3.40. The SMILES string of the molecule is Cc1ccc(C)c(NC(=O)CN2C(=O)C3(SCC(=O)N3c3cccc(Cl)c3)c3ccccc32)c1. The van der Waals surface area contributed by atoms with Crippen LogP contribution in [0.5, 0.6) is 0 Å². The van der Waals surface area contributed by atoms with Gasteiger partial charge in [0.25, 0.3) is 5.91 Å². The second-order valence-electron chi connectivity index (χ2n) is 8.42. The Labute approximate surface area is 206 Å². The maximum absolute atomic E-state index is 14.0. The largest absolute Gasteiger partial charge is 0.324 e. The molecule has 3 aromatic carbocycles. The third kappa shape index (κ3) is 3.56. The molecule has 172 valence electrons. The Morgan fingerprint density at radius 2 is 1.85 bits per heavy atom. The predicted molar refractivity (Wildman–Crippen MR) is 136 cm³/mol. The van der Waals surface area contributed by atoms with Crippen LogP contribution in [-0.4, -0.2) is 30.0 Å². The number of nitrogens with zero attached hydrogens (tertiary/aromatic N) is 2. The maximum atomic E-state index is 14.0. The Morgan fingerprint density at radius 1 is 1.06 bits per heavy atom. The number of para-hydroxylation sites is 1. The van der Waals surface area contributed by atoms with Crippen LogP contribution in [0.15, 0.2) is 66.7 Å². The molecule has 0 saturated carbocycles. The van der Waals surface area contributed by atoms with Crippen LogP contribution in [0.1, 0.15) is 16.7 Å². The van der Waals surface area contributed by atoms with Crippen molar-refractivity contribution >= 4 is 58.1 Å². The van der Waals surface area contributed by atoms with Crippen LogP contribution in [0, 0.1) is 13.8 Å². The first-order chi connectivity index (χ1) is 16.3. The van der Waals surface area contributed by atoms with Gasteiger partial charge in [-0.25, -0.2) is 0 Å². The van der Waals surface area contributed by atoms with E-state index in [0.29, 0.717) is 27.6 Å². The van der Waals surface area contributed by atoms with Gasteiger partial charge in [-0.1, -0.05) is 48.0 Å². The van der Waals surface area contributed by atoms with Crippen molar-refractivity contribution in [2.24, 2.45) is 0 Å². The van der Waals surface area contributed by atoms with Crippen molar-refractivity contribution < 1.29 is 14.4 Å². The summed E-state index contributed by atoms with van der Waals surface area (Å²) in [4.78, 5) is 41.8. The lowest BCUT2D eigenvalue weighted by Crippen LogP contribution is -2.50. The zero-order chi connectivity index (χ0) is 24.0.